The third-order valence-corrected chi connectivity index (χ3v) is 4.91. The summed E-state index contributed by atoms with van der Waals surface area (Å²) in [5.41, 5.74) is 7.16. The second kappa shape index (κ2) is 7.41. The molecule has 1 fully saturated rings. The molecule has 2 unspecified atom stereocenters. The fourth-order valence-electron chi connectivity index (χ4n) is 3.67. The molecule has 0 radical (unpaired) electrons. The first kappa shape index (κ1) is 17.0. The number of para-hydroxylation sites is 2. The van der Waals surface area contributed by atoms with Crippen LogP contribution in [-0.4, -0.2) is 43.3 Å². The van der Waals surface area contributed by atoms with E-state index in [9.17, 15) is 4.39 Å². The Balaban J connectivity index is 1.34. The van der Waals surface area contributed by atoms with Crippen LogP contribution in [0.1, 0.15) is 12.8 Å². The van der Waals surface area contributed by atoms with Gasteiger partial charge in [-0.15, -0.1) is 0 Å². The summed E-state index contributed by atoms with van der Waals surface area (Å²) in [5, 5.41) is 3.45. The van der Waals surface area contributed by atoms with E-state index in [1.54, 1.807) is 6.07 Å². The monoisotopic (exact) mass is 357 g/mol. The molecule has 3 N–H and O–H groups in total. The van der Waals surface area contributed by atoms with Gasteiger partial charge in [-0.3, -0.25) is 4.90 Å². The number of benzene rings is 2. The first-order chi connectivity index (χ1) is 12.7. The molecule has 6 heteroatoms. The largest absolute Gasteiger partial charge is 0.486 e. The summed E-state index contributed by atoms with van der Waals surface area (Å²) >= 11 is 0. The third kappa shape index (κ3) is 3.85. The second-order valence-corrected chi connectivity index (χ2v) is 6.97. The summed E-state index contributed by atoms with van der Waals surface area (Å²) in [6.45, 7) is 3.33. The summed E-state index contributed by atoms with van der Waals surface area (Å²) < 4.78 is 25.1. The highest BCUT2D eigenvalue weighted by Crippen LogP contribution is 2.31. The molecule has 2 aliphatic rings. The Kier molecular flexibility index (Phi) is 4.84. The van der Waals surface area contributed by atoms with Gasteiger partial charge < -0.3 is 20.5 Å². The molecule has 0 aliphatic carbocycles. The number of likely N-dealkylation sites (tertiary alicyclic amines) is 1. The lowest BCUT2D eigenvalue weighted by Crippen LogP contribution is -2.48. The molecule has 5 nitrogen and oxygen atoms in total. The van der Waals surface area contributed by atoms with Gasteiger partial charge in [-0.2, -0.15) is 0 Å². The van der Waals surface area contributed by atoms with E-state index in [4.69, 9.17) is 15.2 Å². The van der Waals surface area contributed by atoms with Gasteiger partial charge in [0.2, 0.25) is 0 Å². The van der Waals surface area contributed by atoms with Crippen molar-refractivity contribution >= 4 is 11.4 Å². The van der Waals surface area contributed by atoms with Gasteiger partial charge in [-0.1, -0.05) is 12.1 Å². The summed E-state index contributed by atoms with van der Waals surface area (Å²) in [6, 6.07) is 12.6. The molecule has 26 heavy (non-hydrogen) atoms. The number of hydrogen-bond acceptors (Lipinski definition) is 5. The minimum atomic E-state index is -0.312. The van der Waals surface area contributed by atoms with Crippen LogP contribution in [-0.2, 0) is 0 Å². The SMILES string of the molecule is Nc1cc(F)ccc1NC1CCCN(CC2COc3ccccc3O2)C1. The van der Waals surface area contributed by atoms with Gasteiger partial charge >= 0.3 is 0 Å². The highest BCUT2D eigenvalue weighted by Gasteiger charge is 2.26. The quantitative estimate of drug-likeness (QED) is 0.824. The molecule has 2 aromatic rings. The first-order valence-corrected chi connectivity index (χ1v) is 9.10. The fraction of sp³-hybridized carbons (Fsp3) is 0.400. The van der Waals surface area contributed by atoms with Gasteiger partial charge in [-0.05, 0) is 49.7 Å². The standard InChI is InChI=1S/C20H24FN3O2/c21-14-7-8-18(17(22)10-14)23-15-4-3-9-24(11-15)12-16-13-25-19-5-1-2-6-20(19)26-16/h1-2,5-8,10,15-16,23H,3-4,9,11-13,22H2. The van der Waals surface area contributed by atoms with E-state index in [0.29, 0.717) is 12.3 Å². The van der Waals surface area contributed by atoms with E-state index in [1.807, 2.05) is 24.3 Å². The number of piperidine rings is 1. The van der Waals surface area contributed by atoms with Crippen molar-refractivity contribution in [3.8, 4) is 11.5 Å². The zero-order valence-corrected chi connectivity index (χ0v) is 14.7. The minimum Gasteiger partial charge on any atom is -0.486 e. The molecule has 0 bridgehead atoms. The van der Waals surface area contributed by atoms with Crippen LogP contribution < -0.4 is 20.5 Å². The average Bonchev–Trinajstić information content (AvgIpc) is 2.64. The maximum Gasteiger partial charge on any atom is 0.161 e. The number of anilines is 2. The van der Waals surface area contributed by atoms with Crippen LogP contribution in [0.15, 0.2) is 42.5 Å². The van der Waals surface area contributed by atoms with Crippen LogP contribution >= 0.6 is 0 Å². The second-order valence-electron chi connectivity index (χ2n) is 6.97. The Morgan fingerprint density at radius 2 is 2.04 bits per heavy atom. The predicted octanol–water partition coefficient (Wildman–Crippen LogP) is 3.12. The van der Waals surface area contributed by atoms with E-state index in [-0.39, 0.29) is 18.0 Å². The molecule has 1 saturated heterocycles. The van der Waals surface area contributed by atoms with Crippen molar-refractivity contribution in [1.29, 1.82) is 0 Å². The number of nitrogens with one attached hydrogen (secondary N) is 1. The number of halogens is 1. The molecule has 2 aliphatic heterocycles. The summed E-state index contributed by atoms with van der Waals surface area (Å²) in [4.78, 5) is 2.39. The average molecular weight is 357 g/mol. The number of rotatable bonds is 4. The maximum atomic E-state index is 13.2. The number of ether oxygens (including phenoxy) is 2. The van der Waals surface area contributed by atoms with Crippen LogP contribution in [0.3, 0.4) is 0 Å². The van der Waals surface area contributed by atoms with Crippen molar-refractivity contribution in [1.82, 2.24) is 4.90 Å². The number of fused-ring (bicyclic) bond motifs is 1. The van der Waals surface area contributed by atoms with E-state index in [0.717, 1.165) is 49.7 Å². The van der Waals surface area contributed by atoms with E-state index < -0.39 is 0 Å². The molecule has 0 spiro atoms. The fourth-order valence-corrected chi connectivity index (χ4v) is 3.67. The van der Waals surface area contributed by atoms with Gasteiger partial charge in [0.15, 0.2) is 11.5 Å². The van der Waals surface area contributed by atoms with Gasteiger partial charge in [0.25, 0.3) is 0 Å². The molecule has 4 rings (SSSR count). The summed E-state index contributed by atoms with van der Waals surface area (Å²) in [5.74, 6) is 1.32. The molecule has 2 aromatic carbocycles. The van der Waals surface area contributed by atoms with Crippen molar-refractivity contribution in [2.24, 2.45) is 0 Å². The lowest BCUT2D eigenvalue weighted by Gasteiger charge is -2.37. The van der Waals surface area contributed by atoms with Gasteiger partial charge in [0.05, 0.1) is 11.4 Å². The van der Waals surface area contributed by atoms with E-state index >= 15 is 0 Å². The zero-order chi connectivity index (χ0) is 17.9. The number of nitrogens with zero attached hydrogens (tertiary/aromatic N) is 1. The molecule has 2 atom stereocenters. The zero-order valence-electron chi connectivity index (χ0n) is 14.7. The van der Waals surface area contributed by atoms with E-state index in [1.165, 1.54) is 12.1 Å². The van der Waals surface area contributed by atoms with Crippen molar-refractivity contribution in [2.75, 3.05) is 37.3 Å². The molecular weight excluding hydrogens is 333 g/mol. The Hall–Kier alpha value is -2.47. The molecule has 0 aromatic heterocycles. The first-order valence-electron chi connectivity index (χ1n) is 9.10. The summed E-state index contributed by atoms with van der Waals surface area (Å²) in [7, 11) is 0. The maximum absolute atomic E-state index is 13.2. The molecular formula is C20H24FN3O2. The van der Waals surface area contributed by atoms with Crippen LogP contribution in [0.2, 0.25) is 0 Å². The van der Waals surface area contributed by atoms with Gasteiger partial charge in [-0.25, -0.2) is 4.39 Å². The molecule has 0 amide bonds. The van der Waals surface area contributed by atoms with Crippen molar-refractivity contribution in [3.05, 3.63) is 48.3 Å². The Morgan fingerprint density at radius 3 is 2.88 bits per heavy atom. The Labute approximate surface area is 152 Å². The van der Waals surface area contributed by atoms with Crippen LogP contribution in [0, 0.1) is 5.82 Å². The topological polar surface area (TPSA) is 59.8 Å². The lowest BCUT2D eigenvalue weighted by atomic mass is 10.0. The minimum absolute atomic E-state index is 0.0274. The van der Waals surface area contributed by atoms with Crippen molar-refractivity contribution in [3.63, 3.8) is 0 Å². The van der Waals surface area contributed by atoms with Crippen LogP contribution in [0.4, 0.5) is 15.8 Å². The van der Waals surface area contributed by atoms with Crippen molar-refractivity contribution < 1.29 is 13.9 Å². The molecule has 138 valence electrons. The summed E-state index contributed by atoms with van der Waals surface area (Å²) in [6.07, 6.45) is 2.20. The third-order valence-electron chi connectivity index (χ3n) is 4.91. The number of nitrogen functional groups attached to an aromatic ring is 1. The normalized spacial score (nSPS) is 22.8. The molecule has 2 heterocycles. The highest BCUT2D eigenvalue weighted by molar-refractivity contribution is 5.66. The number of nitrogens with two attached hydrogens (primary N) is 1. The number of hydrogen-bond donors (Lipinski definition) is 2. The Bertz CT molecular complexity index is 770. The predicted molar refractivity (Wildman–Crippen MR) is 100 cm³/mol. The van der Waals surface area contributed by atoms with Crippen LogP contribution in [0.25, 0.3) is 0 Å². The van der Waals surface area contributed by atoms with E-state index in [2.05, 4.69) is 10.2 Å². The lowest BCUT2D eigenvalue weighted by molar-refractivity contribution is 0.0518. The van der Waals surface area contributed by atoms with Crippen LogP contribution in [0.5, 0.6) is 11.5 Å². The van der Waals surface area contributed by atoms with Crippen molar-refractivity contribution in [2.45, 2.75) is 25.0 Å². The van der Waals surface area contributed by atoms with Gasteiger partial charge in [0.1, 0.15) is 18.5 Å². The Morgan fingerprint density at radius 1 is 1.19 bits per heavy atom. The highest BCUT2D eigenvalue weighted by atomic mass is 19.1. The van der Waals surface area contributed by atoms with Gasteiger partial charge in [0, 0.05) is 19.1 Å². The smallest absolute Gasteiger partial charge is 0.161 e. The molecule has 0 saturated carbocycles.